The molecule has 0 unspecified atom stereocenters. The van der Waals surface area contributed by atoms with Crippen LogP contribution in [0.1, 0.15) is 6.92 Å². The number of carbonyl (C=O) groups is 1. The van der Waals surface area contributed by atoms with Crippen LogP contribution in [0, 0.1) is 0 Å². The van der Waals surface area contributed by atoms with Crippen molar-refractivity contribution in [3.05, 3.63) is 42.5 Å². The van der Waals surface area contributed by atoms with Gasteiger partial charge in [-0.1, -0.05) is 36.4 Å². The number of fused-ring (bicyclic) bond motifs is 1. The minimum atomic E-state index is -0.0248. The quantitative estimate of drug-likeness (QED) is 0.757. The standard InChI is InChI=1S/C14H15NO2/c1-11(16)15(10-17-2)14-9-5-7-12-6-3-4-8-13(12)14/h3-9H,10H2,1-2H3. The van der Waals surface area contributed by atoms with Crippen LogP contribution in [0.3, 0.4) is 0 Å². The number of carbonyl (C=O) groups excluding carboxylic acids is 1. The lowest BCUT2D eigenvalue weighted by molar-refractivity contribution is -0.117. The normalized spacial score (nSPS) is 10.5. The van der Waals surface area contributed by atoms with Crippen LogP contribution in [0.25, 0.3) is 10.8 Å². The van der Waals surface area contributed by atoms with E-state index < -0.39 is 0 Å². The first kappa shape index (κ1) is 11.6. The highest BCUT2D eigenvalue weighted by molar-refractivity contribution is 6.02. The molecule has 1 amide bonds. The number of hydrogen-bond donors (Lipinski definition) is 0. The van der Waals surface area contributed by atoms with Crippen molar-refractivity contribution in [2.45, 2.75) is 6.92 Å². The summed E-state index contributed by atoms with van der Waals surface area (Å²) in [4.78, 5) is 13.3. The van der Waals surface area contributed by atoms with Crippen LogP contribution in [-0.2, 0) is 9.53 Å². The fourth-order valence-electron chi connectivity index (χ4n) is 1.90. The molecule has 0 heterocycles. The lowest BCUT2D eigenvalue weighted by Crippen LogP contribution is -2.30. The van der Waals surface area contributed by atoms with Crippen molar-refractivity contribution in [3.63, 3.8) is 0 Å². The Hall–Kier alpha value is -1.87. The van der Waals surface area contributed by atoms with Gasteiger partial charge in [0.25, 0.3) is 0 Å². The molecule has 2 aromatic rings. The van der Waals surface area contributed by atoms with Gasteiger partial charge in [-0.25, -0.2) is 0 Å². The van der Waals surface area contributed by atoms with Crippen LogP contribution >= 0.6 is 0 Å². The number of methoxy groups -OCH3 is 1. The third-order valence-electron chi connectivity index (χ3n) is 2.70. The molecular formula is C14H15NO2. The van der Waals surface area contributed by atoms with E-state index >= 15 is 0 Å². The van der Waals surface area contributed by atoms with Gasteiger partial charge in [0.2, 0.25) is 5.91 Å². The topological polar surface area (TPSA) is 29.5 Å². The average molecular weight is 229 g/mol. The Labute approximate surface area is 101 Å². The van der Waals surface area contributed by atoms with Gasteiger partial charge >= 0.3 is 0 Å². The molecule has 0 aromatic heterocycles. The zero-order chi connectivity index (χ0) is 12.3. The molecule has 17 heavy (non-hydrogen) atoms. The molecule has 2 aromatic carbocycles. The fraction of sp³-hybridized carbons (Fsp3) is 0.214. The van der Waals surface area contributed by atoms with E-state index in [1.165, 1.54) is 0 Å². The first-order valence-corrected chi connectivity index (χ1v) is 5.49. The lowest BCUT2D eigenvalue weighted by atomic mass is 10.1. The third-order valence-corrected chi connectivity index (χ3v) is 2.70. The molecule has 88 valence electrons. The van der Waals surface area contributed by atoms with Crippen LogP contribution in [0.15, 0.2) is 42.5 Å². The van der Waals surface area contributed by atoms with Gasteiger partial charge in [0.1, 0.15) is 6.73 Å². The summed E-state index contributed by atoms with van der Waals surface area (Å²) in [6.45, 7) is 1.81. The summed E-state index contributed by atoms with van der Waals surface area (Å²) in [5.41, 5.74) is 0.887. The predicted molar refractivity (Wildman–Crippen MR) is 69.0 cm³/mol. The molecule has 0 fully saturated rings. The van der Waals surface area contributed by atoms with Gasteiger partial charge in [-0.3, -0.25) is 9.69 Å². The van der Waals surface area contributed by atoms with E-state index in [-0.39, 0.29) is 12.6 Å². The van der Waals surface area contributed by atoms with E-state index in [9.17, 15) is 4.79 Å². The van der Waals surface area contributed by atoms with Gasteiger partial charge in [0, 0.05) is 19.4 Å². The minimum absolute atomic E-state index is 0.0248. The number of rotatable bonds is 3. The van der Waals surface area contributed by atoms with Crippen molar-refractivity contribution in [1.29, 1.82) is 0 Å². The second kappa shape index (κ2) is 4.97. The summed E-state index contributed by atoms with van der Waals surface area (Å²) in [7, 11) is 1.58. The Balaban J connectivity index is 2.56. The Kier molecular flexibility index (Phi) is 3.40. The van der Waals surface area contributed by atoms with Crippen molar-refractivity contribution in [2.24, 2.45) is 0 Å². The van der Waals surface area contributed by atoms with Crippen LogP contribution in [0.2, 0.25) is 0 Å². The fourth-order valence-corrected chi connectivity index (χ4v) is 1.90. The van der Waals surface area contributed by atoms with Gasteiger partial charge in [-0.2, -0.15) is 0 Å². The number of nitrogens with zero attached hydrogens (tertiary/aromatic N) is 1. The molecular weight excluding hydrogens is 214 g/mol. The first-order valence-electron chi connectivity index (χ1n) is 5.49. The number of benzene rings is 2. The molecule has 0 bridgehead atoms. The molecule has 0 saturated heterocycles. The average Bonchev–Trinajstić information content (AvgIpc) is 2.35. The SMILES string of the molecule is COCN(C(C)=O)c1cccc2ccccc12. The molecule has 3 heteroatoms. The maximum Gasteiger partial charge on any atom is 0.225 e. The molecule has 0 saturated carbocycles. The maximum absolute atomic E-state index is 11.6. The highest BCUT2D eigenvalue weighted by atomic mass is 16.5. The van der Waals surface area contributed by atoms with Crippen LogP contribution in [0.4, 0.5) is 5.69 Å². The minimum Gasteiger partial charge on any atom is -0.364 e. The van der Waals surface area contributed by atoms with E-state index in [0.29, 0.717) is 0 Å². The van der Waals surface area contributed by atoms with Crippen LogP contribution < -0.4 is 4.90 Å². The number of anilines is 1. The van der Waals surface area contributed by atoms with Gasteiger partial charge in [0.15, 0.2) is 0 Å². The van der Waals surface area contributed by atoms with E-state index in [1.807, 2.05) is 42.5 Å². The zero-order valence-electron chi connectivity index (χ0n) is 10.0. The van der Waals surface area contributed by atoms with Crippen molar-refractivity contribution < 1.29 is 9.53 Å². The van der Waals surface area contributed by atoms with Crippen molar-refractivity contribution in [1.82, 2.24) is 0 Å². The van der Waals surface area contributed by atoms with E-state index in [1.54, 1.807) is 18.9 Å². The Morgan fingerprint density at radius 3 is 2.59 bits per heavy atom. The van der Waals surface area contributed by atoms with Gasteiger partial charge in [-0.15, -0.1) is 0 Å². The lowest BCUT2D eigenvalue weighted by Gasteiger charge is -2.21. The van der Waals surface area contributed by atoms with Crippen LogP contribution in [0.5, 0.6) is 0 Å². The monoisotopic (exact) mass is 229 g/mol. The first-order chi connectivity index (χ1) is 8.24. The second-order valence-electron chi connectivity index (χ2n) is 3.86. The van der Waals surface area contributed by atoms with E-state index in [4.69, 9.17) is 4.74 Å². The summed E-state index contributed by atoms with van der Waals surface area (Å²) < 4.78 is 5.07. The molecule has 0 radical (unpaired) electrons. The maximum atomic E-state index is 11.6. The smallest absolute Gasteiger partial charge is 0.225 e. The largest absolute Gasteiger partial charge is 0.364 e. The third kappa shape index (κ3) is 2.29. The number of hydrogen-bond acceptors (Lipinski definition) is 2. The summed E-state index contributed by atoms with van der Waals surface area (Å²) in [5.74, 6) is -0.0248. The molecule has 0 N–H and O–H groups in total. The summed E-state index contributed by atoms with van der Waals surface area (Å²) in [6, 6.07) is 13.9. The number of ether oxygens (including phenoxy) is 1. The van der Waals surface area contributed by atoms with Crippen LogP contribution in [-0.4, -0.2) is 19.7 Å². The van der Waals surface area contributed by atoms with Gasteiger partial charge < -0.3 is 4.74 Å². The Morgan fingerprint density at radius 2 is 1.88 bits per heavy atom. The summed E-state index contributed by atoms with van der Waals surface area (Å²) in [6.07, 6.45) is 0. The Morgan fingerprint density at radius 1 is 1.18 bits per heavy atom. The summed E-state index contributed by atoms with van der Waals surface area (Å²) >= 11 is 0. The van der Waals surface area contributed by atoms with Gasteiger partial charge in [-0.05, 0) is 11.5 Å². The number of amides is 1. The molecule has 2 rings (SSSR count). The highest BCUT2D eigenvalue weighted by Gasteiger charge is 2.13. The van der Waals surface area contributed by atoms with Crippen molar-refractivity contribution >= 4 is 22.4 Å². The van der Waals surface area contributed by atoms with E-state index in [0.717, 1.165) is 16.5 Å². The second-order valence-corrected chi connectivity index (χ2v) is 3.86. The molecule has 3 nitrogen and oxygen atoms in total. The molecule has 0 aliphatic carbocycles. The predicted octanol–water partition coefficient (Wildman–Crippen LogP) is 2.80. The zero-order valence-corrected chi connectivity index (χ0v) is 10.0. The van der Waals surface area contributed by atoms with Crippen molar-refractivity contribution in [2.75, 3.05) is 18.7 Å². The van der Waals surface area contributed by atoms with Crippen molar-refractivity contribution in [3.8, 4) is 0 Å². The molecule has 0 aliphatic rings. The highest BCUT2D eigenvalue weighted by Crippen LogP contribution is 2.26. The van der Waals surface area contributed by atoms with Gasteiger partial charge in [0.05, 0.1) is 5.69 Å². The Bertz CT molecular complexity index is 531. The molecule has 0 aliphatic heterocycles. The molecule has 0 atom stereocenters. The summed E-state index contributed by atoms with van der Waals surface area (Å²) in [5, 5.41) is 2.18. The molecule has 0 spiro atoms. The van der Waals surface area contributed by atoms with E-state index in [2.05, 4.69) is 0 Å².